The summed E-state index contributed by atoms with van der Waals surface area (Å²) in [6.07, 6.45) is 4.88. The lowest BCUT2D eigenvalue weighted by atomic mass is 9.93. The van der Waals surface area contributed by atoms with Gasteiger partial charge in [0.25, 0.3) is 0 Å². The third-order valence-electron chi connectivity index (χ3n) is 2.61. The van der Waals surface area contributed by atoms with Crippen LogP contribution in [0.25, 0.3) is 0 Å². The van der Waals surface area contributed by atoms with E-state index in [1.165, 1.54) is 0 Å². The maximum Gasteiger partial charge on any atom is 0.348 e. The summed E-state index contributed by atoms with van der Waals surface area (Å²) in [6.45, 7) is 5.80. The molecule has 1 aliphatic heterocycles. The second kappa shape index (κ2) is 5.53. The van der Waals surface area contributed by atoms with E-state index in [1.54, 1.807) is 19.3 Å². The zero-order chi connectivity index (χ0) is 12.9. The second-order valence-electron chi connectivity index (χ2n) is 4.29. The van der Waals surface area contributed by atoms with Gasteiger partial charge in [-0.25, -0.2) is 4.79 Å². The van der Waals surface area contributed by atoms with Gasteiger partial charge in [-0.1, -0.05) is 0 Å². The second-order valence-corrected chi connectivity index (χ2v) is 4.29. The van der Waals surface area contributed by atoms with Crippen LogP contribution in [0, 0.1) is 11.3 Å². The van der Waals surface area contributed by atoms with Crippen molar-refractivity contribution in [2.24, 2.45) is 0 Å². The molecule has 0 radical (unpaired) electrons. The van der Waals surface area contributed by atoms with Crippen molar-refractivity contribution in [3.8, 4) is 6.07 Å². The molecule has 0 spiro atoms. The first-order valence-corrected chi connectivity index (χ1v) is 5.64. The third-order valence-corrected chi connectivity index (χ3v) is 2.61. The maximum atomic E-state index is 11.5. The highest BCUT2D eigenvalue weighted by molar-refractivity contribution is 5.92. The Morgan fingerprint density at radius 1 is 1.76 bits per heavy atom. The summed E-state index contributed by atoms with van der Waals surface area (Å²) in [5.74, 6) is -0.592. The van der Waals surface area contributed by atoms with Crippen LogP contribution < -0.4 is 0 Å². The van der Waals surface area contributed by atoms with Gasteiger partial charge in [0.15, 0.2) is 0 Å². The van der Waals surface area contributed by atoms with Crippen molar-refractivity contribution >= 4 is 5.97 Å². The minimum absolute atomic E-state index is 0.00213. The number of carbonyl (C=O) groups excluding carboxylic acids is 1. The predicted octanol–water partition coefficient (Wildman–Crippen LogP) is 2.47. The number of allylic oxidation sites excluding steroid dienone is 1. The Morgan fingerprint density at radius 2 is 2.47 bits per heavy atom. The highest BCUT2D eigenvalue weighted by Crippen LogP contribution is 2.28. The Balaban J connectivity index is 2.85. The molecule has 0 N–H and O–H groups in total. The molecule has 92 valence electrons. The van der Waals surface area contributed by atoms with Gasteiger partial charge in [0.1, 0.15) is 17.2 Å². The number of rotatable bonds is 3. The van der Waals surface area contributed by atoms with Crippen molar-refractivity contribution in [3.05, 3.63) is 23.5 Å². The van der Waals surface area contributed by atoms with E-state index in [0.717, 1.165) is 18.4 Å². The summed E-state index contributed by atoms with van der Waals surface area (Å²) in [6, 6.07) is 1.86. The van der Waals surface area contributed by atoms with Crippen LogP contribution in [0.15, 0.2) is 23.5 Å². The Labute approximate surface area is 102 Å². The van der Waals surface area contributed by atoms with Crippen LogP contribution in [0.3, 0.4) is 0 Å². The average molecular weight is 235 g/mol. The van der Waals surface area contributed by atoms with Crippen molar-refractivity contribution < 1.29 is 14.3 Å². The normalized spacial score (nSPS) is 24.4. The van der Waals surface area contributed by atoms with Crippen LogP contribution in [0.4, 0.5) is 0 Å². The van der Waals surface area contributed by atoms with E-state index in [2.05, 4.69) is 0 Å². The summed E-state index contributed by atoms with van der Waals surface area (Å²) in [5, 5.41) is 8.93. The summed E-state index contributed by atoms with van der Waals surface area (Å²) in [5.41, 5.74) is 0.560. The summed E-state index contributed by atoms with van der Waals surface area (Å²) < 4.78 is 10.3. The first kappa shape index (κ1) is 13.3. The van der Waals surface area contributed by atoms with Crippen LogP contribution in [-0.4, -0.2) is 18.2 Å². The topological polar surface area (TPSA) is 59.3 Å². The molecule has 0 amide bonds. The standard InChI is InChI=1S/C13H17NO3/c1-4-16-12(15)11(8-14)7-13(3)6-5-10(2)9-17-13/h7,9H,4-6H2,1-3H3/b11-7-/t13-/m1/s1. The van der Waals surface area contributed by atoms with Crippen LogP contribution in [0.5, 0.6) is 0 Å². The smallest absolute Gasteiger partial charge is 0.348 e. The minimum atomic E-state index is -0.600. The number of ether oxygens (including phenoxy) is 2. The highest BCUT2D eigenvalue weighted by Gasteiger charge is 2.28. The molecule has 1 atom stereocenters. The van der Waals surface area contributed by atoms with Crippen LogP contribution in [0.2, 0.25) is 0 Å². The molecule has 0 bridgehead atoms. The quantitative estimate of drug-likeness (QED) is 0.428. The molecular weight excluding hydrogens is 218 g/mol. The highest BCUT2D eigenvalue weighted by atomic mass is 16.5. The molecule has 4 nitrogen and oxygen atoms in total. The van der Waals surface area contributed by atoms with Crippen LogP contribution in [0.1, 0.15) is 33.6 Å². The first-order chi connectivity index (χ1) is 8.00. The first-order valence-electron chi connectivity index (χ1n) is 5.64. The SMILES string of the molecule is CCOC(=O)/C(C#N)=C\[C@@]1(C)CCC(C)=CO1. The number of carbonyl (C=O) groups is 1. The van der Waals surface area contributed by atoms with Gasteiger partial charge in [-0.2, -0.15) is 5.26 Å². The van der Waals surface area contributed by atoms with Gasteiger partial charge >= 0.3 is 5.97 Å². The zero-order valence-corrected chi connectivity index (χ0v) is 10.4. The molecule has 1 aliphatic rings. The van der Waals surface area contributed by atoms with Gasteiger partial charge < -0.3 is 9.47 Å². The van der Waals surface area contributed by atoms with Crippen molar-refractivity contribution in [1.29, 1.82) is 5.26 Å². The van der Waals surface area contributed by atoms with Crippen molar-refractivity contribution in [2.75, 3.05) is 6.61 Å². The summed E-state index contributed by atoms with van der Waals surface area (Å²) in [7, 11) is 0. The van der Waals surface area contributed by atoms with E-state index >= 15 is 0 Å². The fourth-order valence-corrected chi connectivity index (χ4v) is 1.56. The Morgan fingerprint density at radius 3 is 2.94 bits per heavy atom. The maximum absolute atomic E-state index is 11.5. The molecule has 0 saturated carbocycles. The number of hydrogen-bond acceptors (Lipinski definition) is 4. The molecule has 4 heteroatoms. The Kier molecular flexibility index (Phi) is 4.33. The van der Waals surface area contributed by atoms with E-state index in [9.17, 15) is 4.79 Å². The lowest BCUT2D eigenvalue weighted by molar-refractivity contribution is -0.138. The van der Waals surface area contributed by atoms with Gasteiger partial charge in [-0.05, 0) is 45.3 Å². The molecule has 1 heterocycles. The molecule has 0 fully saturated rings. The molecule has 0 aromatic carbocycles. The molecule has 0 saturated heterocycles. The average Bonchev–Trinajstić information content (AvgIpc) is 2.31. The summed E-state index contributed by atoms with van der Waals surface area (Å²) >= 11 is 0. The van der Waals surface area contributed by atoms with Crippen molar-refractivity contribution in [3.63, 3.8) is 0 Å². The fraction of sp³-hybridized carbons (Fsp3) is 0.538. The number of hydrogen-bond donors (Lipinski definition) is 0. The number of esters is 1. The minimum Gasteiger partial charge on any atom is -0.491 e. The largest absolute Gasteiger partial charge is 0.491 e. The Hall–Kier alpha value is -1.76. The zero-order valence-electron chi connectivity index (χ0n) is 10.4. The van der Waals surface area contributed by atoms with Crippen LogP contribution in [-0.2, 0) is 14.3 Å². The molecule has 0 aromatic heterocycles. The van der Waals surface area contributed by atoms with Gasteiger partial charge in [-0.3, -0.25) is 0 Å². The predicted molar refractivity (Wildman–Crippen MR) is 62.8 cm³/mol. The number of nitriles is 1. The van der Waals surface area contributed by atoms with E-state index in [1.807, 2.05) is 19.9 Å². The molecule has 17 heavy (non-hydrogen) atoms. The van der Waals surface area contributed by atoms with Crippen molar-refractivity contribution in [1.82, 2.24) is 0 Å². The molecule has 0 unspecified atom stereocenters. The van der Waals surface area contributed by atoms with Gasteiger partial charge in [-0.15, -0.1) is 0 Å². The van der Waals surface area contributed by atoms with E-state index < -0.39 is 11.6 Å². The van der Waals surface area contributed by atoms with Gasteiger partial charge in [0, 0.05) is 0 Å². The monoisotopic (exact) mass is 235 g/mol. The number of nitrogens with zero attached hydrogens (tertiary/aromatic N) is 1. The lowest BCUT2D eigenvalue weighted by Gasteiger charge is -2.30. The van der Waals surface area contributed by atoms with Crippen LogP contribution >= 0.6 is 0 Å². The molecule has 0 aromatic rings. The molecule has 0 aliphatic carbocycles. The summed E-state index contributed by atoms with van der Waals surface area (Å²) in [4.78, 5) is 11.5. The van der Waals surface area contributed by atoms with E-state index in [-0.39, 0.29) is 12.2 Å². The van der Waals surface area contributed by atoms with Crippen molar-refractivity contribution in [2.45, 2.75) is 39.2 Å². The van der Waals surface area contributed by atoms with Gasteiger partial charge in [0.2, 0.25) is 0 Å². The fourth-order valence-electron chi connectivity index (χ4n) is 1.56. The van der Waals surface area contributed by atoms with E-state index in [0.29, 0.717) is 0 Å². The molecular formula is C13H17NO3. The molecule has 1 rings (SSSR count). The van der Waals surface area contributed by atoms with Gasteiger partial charge in [0.05, 0.1) is 12.9 Å². The van der Waals surface area contributed by atoms with E-state index in [4.69, 9.17) is 14.7 Å². The Bertz CT molecular complexity index is 403. The lowest BCUT2D eigenvalue weighted by Crippen LogP contribution is -2.28. The third kappa shape index (κ3) is 3.63.